The summed E-state index contributed by atoms with van der Waals surface area (Å²) >= 11 is 3.56. The van der Waals surface area contributed by atoms with Crippen LogP contribution in [0.2, 0.25) is 0 Å². The average molecular weight is 1280 g/mol. The molecular weight excluding hydrogens is 1210 g/mol. The van der Waals surface area contributed by atoms with Crippen LogP contribution in [0.5, 0.6) is 34.8 Å². The first-order valence-corrected chi connectivity index (χ1v) is 30.6. The highest BCUT2D eigenvalue weighted by Gasteiger charge is 2.55. The Kier molecular flexibility index (Phi) is 19.5. The zero-order valence-corrected chi connectivity index (χ0v) is 51.1. The molecule has 0 atom stereocenters. The molecule has 2 aliphatic heterocycles. The normalized spacial score (nSPS) is 16.5. The van der Waals surface area contributed by atoms with Gasteiger partial charge >= 0.3 is 0 Å². The van der Waals surface area contributed by atoms with Gasteiger partial charge in [-0.3, -0.25) is 38.9 Å². The summed E-state index contributed by atoms with van der Waals surface area (Å²) in [7, 11) is 4.25. The van der Waals surface area contributed by atoms with Crippen molar-refractivity contribution in [2.24, 2.45) is 10.8 Å². The molecule has 0 N–H and O–H groups in total. The fraction of sp³-hybridized carbons (Fsp3) is 0.353. The van der Waals surface area contributed by atoms with Gasteiger partial charge in [-0.25, -0.2) is 27.5 Å². The molecule has 4 aromatic heterocycles. The molecule has 2 saturated carbocycles. The van der Waals surface area contributed by atoms with Gasteiger partial charge in [-0.05, 0) is 139 Å². The van der Waals surface area contributed by atoms with E-state index in [1.807, 2.05) is 0 Å². The van der Waals surface area contributed by atoms with Crippen LogP contribution in [0.4, 0.5) is 17.6 Å². The number of ketones is 4. The molecule has 6 heterocycles. The number of ether oxygens (including phenoxy) is 4. The van der Waals surface area contributed by atoms with E-state index in [0.29, 0.717) is 111 Å². The molecule has 2 saturated heterocycles. The van der Waals surface area contributed by atoms with Crippen LogP contribution >= 0.6 is 15.9 Å². The van der Waals surface area contributed by atoms with Crippen LogP contribution in [0.15, 0.2) is 132 Å². The maximum absolute atomic E-state index is 15.2. The van der Waals surface area contributed by atoms with E-state index in [-0.39, 0.29) is 71.9 Å². The average Bonchev–Trinajstić information content (AvgIpc) is 1.91. The molecule has 21 heteroatoms. The van der Waals surface area contributed by atoms with Crippen molar-refractivity contribution in [2.45, 2.75) is 51.4 Å². The van der Waals surface area contributed by atoms with Crippen molar-refractivity contribution < 1.29 is 55.7 Å². The highest BCUT2D eigenvalue weighted by molar-refractivity contribution is 9.10. The minimum absolute atomic E-state index is 0.00489. The molecule has 4 aromatic carbocycles. The third kappa shape index (κ3) is 15.3. The molecular formula is C68H67BrF4N8O8. The van der Waals surface area contributed by atoms with Crippen molar-refractivity contribution in [2.75, 3.05) is 92.8 Å². The van der Waals surface area contributed by atoms with Gasteiger partial charge in [0, 0.05) is 122 Å². The number of rotatable bonds is 24. The third-order valence-corrected chi connectivity index (χ3v) is 17.8. The molecule has 2 aliphatic carbocycles. The van der Waals surface area contributed by atoms with Crippen molar-refractivity contribution in [3.05, 3.63) is 178 Å². The SMILES string of the molecule is CN1CCN(CCOc2cc3nccc(Oc4ccc(CC(=O)C5(C(=O)Cc6ccc(F)cc6)CC5)cc4F)c3cn2)CC1.CN1CCN(CCOc2ncc3c(Oc4ccc(CC(=O)C5(C(=O)Cc6ccc(F)cc6)CC5)cc4F)ccnc3c2Br)CC1. The number of pyridine rings is 4. The highest BCUT2D eigenvalue weighted by atomic mass is 79.9. The van der Waals surface area contributed by atoms with Crippen molar-refractivity contribution in [1.82, 2.24) is 39.5 Å². The van der Waals surface area contributed by atoms with Crippen molar-refractivity contribution in [3.8, 4) is 34.8 Å². The van der Waals surface area contributed by atoms with Crippen LogP contribution in [0.1, 0.15) is 47.9 Å². The third-order valence-electron chi connectivity index (χ3n) is 17.1. The fourth-order valence-electron chi connectivity index (χ4n) is 11.1. The summed E-state index contributed by atoms with van der Waals surface area (Å²) in [5.41, 5.74) is 1.30. The summed E-state index contributed by atoms with van der Waals surface area (Å²) in [6.45, 7) is 10.8. The number of benzene rings is 4. The Hall–Kier alpha value is -8.08. The first kappa shape index (κ1) is 62.5. The summed E-state index contributed by atoms with van der Waals surface area (Å²) in [5, 5.41) is 1.18. The molecule has 0 radical (unpaired) electrons. The fourth-order valence-corrected chi connectivity index (χ4v) is 11.6. The van der Waals surface area contributed by atoms with Gasteiger partial charge in [0.05, 0.1) is 32.6 Å². The predicted molar refractivity (Wildman–Crippen MR) is 330 cm³/mol. The summed E-state index contributed by atoms with van der Waals surface area (Å²) in [4.78, 5) is 79.3. The maximum atomic E-state index is 15.2. The van der Waals surface area contributed by atoms with Crippen molar-refractivity contribution >= 4 is 60.9 Å². The van der Waals surface area contributed by atoms with Gasteiger partial charge in [0.25, 0.3) is 0 Å². The standard InChI is InChI=1S/C34H33BrF2N4O4.C34H34F2N4O4/c1-40-12-14-41(15-13-40)16-17-44-33-31(35)32-25(21-39-33)27(8-11-38-32)45-28-7-4-23(18-26(28)37)20-30(43)34(9-10-34)29(42)19-22-2-5-24(36)6-3-22;1-39-12-14-40(15-13-39)16-17-43-33-21-28-26(22-38-33)29(8-11-37-28)44-30-7-4-24(18-27(30)36)20-32(42)34(9-10-34)31(41)19-23-2-5-25(35)6-3-23/h2-8,11,18,21H,9-10,12-17,19-20H2,1H3;2-8,11,18,21-22H,9-10,12-17,19-20H2,1H3. The molecule has 462 valence electrons. The zero-order chi connectivity index (χ0) is 62.2. The lowest BCUT2D eigenvalue weighted by molar-refractivity contribution is -0.135. The van der Waals surface area contributed by atoms with Crippen molar-refractivity contribution in [1.29, 1.82) is 0 Å². The van der Waals surface area contributed by atoms with E-state index in [1.54, 1.807) is 79.4 Å². The molecule has 12 rings (SSSR count). The number of nitrogens with zero attached hydrogens (tertiary/aromatic N) is 8. The monoisotopic (exact) mass is 1280 g/mol. The predicted octanol–water partition coefficient (Wildman–Crippen LogP) is 10.8. The molecule has 0 amide bonds. The molecule has 0 spiro atoms. The summed E-state index contributed by atoms with van der Waals surface area (Å²) < 4.78 is 81.1. The van der Waals surface area contributed by atoms with Crippen molar-refractivity contribution in [3.63, 3.8) is 0 Å². The van der Waals surface area contributed by atoms with E-state index in [0.717, 1.165) is 65.4 Å². The summed E-state index contributed by atoms with van der Waals surface area (Å²) in [6, 6.07) is 25.1. The maximum Gasteiger partial charge on any atom is 0.230 e. The Balaban J connectivity index is 0.000000184. The second-order valence-electron chi connectivity index (χ2n) is 23.3. The second kappa shape index (κ2) is 27.8. The van der Waals surface area contributed by atoms with E-state index in [1.165, 1.54) is 48.5 Å². The number of piperazine rings is 2. The minimum atomic E-state index is -1.05. The number of aromatic nitrogens is 4. The number of Topliss-reactive ketones (excluding diaryl/α,β-unsaturated/α-hetero) is 4. The number of carbonyl (C=O) groups is 4. The van der Waals surface area contributed by atoms with Gasteiger partial charge in [-0.2, -0.15) is 0 Å². The van der Waals surface area contributed by atoms with E-state index in [9.17, 15) is 28.0 Å². The van der Waals surface area contributed by atoms with Gasteiger partial charge < -0.3 is 28.7 Å². The molecule has 16 nitrogen and oxygen atoms in total. The van der Waals surface area contributed by atoms with E-state index < -0.39 is 22.5 Å². The number of hydrogen-bond donors (Lipinski definition) is 0. The Morgan fingerprint density at radius 2 is 0.910 bits per heavy atom. The van der Waals surface area contributed by atoms with Gasteiger partial charge in [0.2, 0.25) is 11.8 Å². The lowest BCUT2D eigenvalue weighted by Crippen LogP contribution is -2.45. The number of fused-ring (bicyclic) bond motifs is 2. The number of carbonyl (C=O) groups excluding carboxylic acids is 4. The smallest absolute Gasteiger partial charge is 0.230 e. The molecule has 89 heavy (non-hydrogen) atoms. The number of halogens is 5. The van der Waals surface area contributed by atoms with Crippen LogP contribution in [0.25, 0.3) is 21.8 Å². The Bertz CT molecular complexity index is 3900. The Morgan fingerprint density at radius 3 is 1.38 bits per heavy atom. The van der Waals surface area contributed by atoms with Crippen LogP contribution in [-0.2, 0) is 44.9 Å². The van der Waals surface area contributed by atoms with Crippen LogP contribution in [0.3, 0.4) is 0 Å². The first-order valence-electron chi connectivity index (χ1n) is 29.8. The minimum Gasteiger partial charge on any atom is -0.476 e. The molecule has 8 aromatic rings. The lowest BCUT2D eigenvalue weighted by atomic mass is 9.88. The van der Waals surface area contributed by atoms with Gasteiger partial charge in [0.15, 0.2) is 46.3 Å². The molecule has 0 unspecified atom stereocenters. The van der Waals surface area contributed by atoms with Crippen LogP contribution in [0, 0.1) is 34.1 Å². The topological polar surface area (TPSA) is 170 Å². The van der Waals surface area contributed by atoms with Gasteiger partial charge in [0.1, 0.15) is 40.8 Å². The first-order chi connectivity index (χ1) is 43.0. The van der Waals surface area contributed by atoms with Gasteiger partial charge in [-0.15, -0.1) is 0 Å². The van der Waals surface area contributed by atoms with E-state index in [2.05, 4.69) is 69.6 Å². The Labute approximate surface area is 521 Å². The Morgan fingerprint density at radius 1 is 0.483 bits per heavy atom. The number of hydrogen-bond acceptors (Lipinski definition) is 16. The molecule has 4 aliphatic rings. The van der Waals surface area contributed by atoms with Gasteiger partial charge in [-0.1, -0.05) is 36.4 Å². The largest absolute Gasteiger partial charge is 0.476 e. The summed E-state index contributed by atoms with van der Waals surface area (Å²) in [5.74, 6) is -1.25. The molecule has 0 bridgehead atoms. The zero-order valence-electron chi connectivity index (χ0n) is 49.5. The molecule has 4 fully saturated rings. The van der Waals surface area contributed by atoms with Crippen LogP contribution in [-0.4, -0.2) is 155 Å². The number of likely N-dealkylation sites (N-methyl/N-ethyl adjacent to an activating group) is 2. The van der Waals surface area contributed by atoms with E-state index >= 15 is 8.78 Å². The lowest BCUT2D eigenvalue weighted by Gasteiger charge is -2.32. The summed E-state index contributed by atoms with van der Waals surface area (Å²) in [6.07, 6.45) is 8.22. The van der Waals surface area contributed by atoms with Crippen LogP contribution < -0.4 is 18.9 Å². The quantitative estimate of drug-likeness (QED) is 0.0413. The second-order valence-corrected chi connectivity index (χ2v) is 24.1. The highest BCUT2D eigenvalue weighted by Crippen LogP contribution is 2.50. The van der Waals surface area contributed by atoms with E-state index in [4.69, 9.17) is 18.9 Å².